The quantitative estimate of drug-likeness (QED) is 0.837. The molecule has 0 aliphatic carbocycles. The van der Waals surface area contributed by atoms with Crippen LogP contribution in [-0.2, 0) is 10.0 Å². The Morgan fingerprint density at radius 1 is 1.09 bits per heavy atom. The number of rotatable bonds is 6. The molecule has 0 saturated carbocycles. The Labute approximate surface area is 140 Å². The van der Waals surface area contributed by atoms with Crippen LogP contribution in [0.15, 0.2) is 53.4 Å². The number of sulfonamides is 1. The summed E-state index contributed by atoms with van der Waals surface area (Å²) in [6.45, 7) is 2.27. The van der Waals surface area contributed by atoms with E-state index in [-0.39, 0.29) is 10.8 Å². The number of anilines is 1. The highest BCUT2D eigenvalue weighted by molar-refractivity contribution is 7.89. The lowest BCUT2D eigenvalue weighted by atomic mass is 10.2. The van der Waals surface area contributed by atoms with Gasteiger partial charge in [0.05, 0.1) is 15.5 Å². The summed E-state index contributed by atoms with van der Waals surface area (Å²) in [5.41, 5.74) is 0.847. The van der Waals surface area contributed by atoms with Crippen molar-refractivity contribution in [3.8, 4) is 0 Å². The van der Waals surface area contributed by atoms with Gasteiger partial charge in [-0.15, -0.1) is 0 Å². The molecule has 1 amide bonds. The van der Waals surface area contributed by atoms with Crippen molar-refractivity contribution in [2.24, 2.45) is 0 Å². The third kappa shape index (κ3) is 4.54. The van der Waals surface area contributed by atoms with Crippen molar-refractivity contribution in [3.05, 3.63) is 59.1 Å². The first-order valence-electron chi connectivity index (χ1n) is 7.09. The Morgan fingerprint density at radius 3 is 2.35 bits per heavy atom. The zero-order chi connectivity index (χ0) is 16.9. The fourth-order valence-electron chi connectivity index (χ4n) is 1.88. The Balaban J connectivity index is 2.12. The molecule has 0 unspecified atom stereocenters. The molecule has 0 aliphatic heterocycles. The highest BCUT2D eigenvalue weighted by Crippen LogP contribution is 2.18. The Hall–Kier alpha value is -1.89. The third-order valence-electron chi connectivity index (χ3n) is 3.08. The summed E-state index contributed by atoms with van der Waals surface area (Å²) >= 11 is 5.97. The maximum atomic E-state index is 12.1. The zero-order valence-electron chi connectivity index (χ0n) is 12.5. The highest BCUT2D eigenvalue weighted by Gasteiger charge is 2.14. The first-order chi connectivity index (χ1) is 10.9. The molecule has 23 heavy (non-hydrogen) atoms. The molecule has 0 aliphatic rings. The molecule has 2 aromatic rings. The third-order valence-corrected chi connectivity index (χ3v) is 4.89. The summed E-state index contributed by atoms with van der Waals surface area (Å²) in [6, 6.07) is 12.7. The molecule has 0 atom stereocenters. The van der Waals surface area contributed by atoms with Crippen molar-refractivity contribution in [3.63, 3.8) is 0 Å². The van der Waals surface area contributed by atoms with Crippen LogP contribution >= 0.6 is 11.6 Å². The van der Waals surface area contributed by atoms with Crippen molar-refractivity contribution in [1.82, 2.24) is 4.72 Å². The molecule has 0 spiro atoms. The second kappa shape index (κ2) is 7.59. The summed E-state index contributed by atoms with van der Waals surface area (Å²) in [4.78, 5) is 12.3. The van der Waals surface area contributed by atoms with E-state index in [4.69, 9.17) is 11.6 Å². The molecule has 0 aromatic heterocycles. The molecule has 0 saturated heterocycles. The van der Waals surface area contributed by atoms with E-state index in [1.54, 1.807) is 24.3 Å². The Kier molecular flexibility index (Phi) is 5.76. The number of hydrogen-bond donors (Lipinski definition) is 2. The summed E-state index contributed by atoms with van der Waals surface area (Å²) in [5, 5.41) is 3.04. The lowest BCUT2D eigenvalue weighted by Crippen LogP contribution is -2.24. The van der Waals surface area contributed by atoms with Crippen molar-refractivity contribution in [1.29, 1.82) is 0 Å². The van der Waals surface area contributed by atoms with Gasteiger partial charge in [0.25, 0.3) is 5.91 Å². The van der Waals surface area contributed by atoms with E-state index in [0.717, 1.165) is 0 Å². The van der Waals surface area contributed by atoms with Gasteiger partial charge in [-0.2, -0.15) is 0 Å². The van der Waals surface area contributed by atoms with Crippen LogP contribution in [0.2, 0.25) is 5.02 Å². The normalized spacial score (nSPS) is 11.2. The molecule has 0 radical (unpaired) electrons. The lowest BCUT2D eigenvalue weighted by Gasteiger charge is -2.09. The standard InChI is InChI=1S/C16H17ClN2O3S/c1-2-11-18-23(21,22)13-9-7-12(8-10-13)19-16(20)14-5-3-4-6-15(14)17/h3-10,18H,2,11H2,1H3,(H,19,20). The van der Waals surface area contributed by atoms with Gasteiger partial charge < -0.3 is 5.32 Å². The van der Waals surface area contributed by atoms with Crippen LogP contribution < -0.4 is 10.0 Å². The van der Waals surface area contributed by atoms with E-state index >= 15 is 0 Å². The molecule has 0 fully saturated rings. The van der Waals surface area contributed by atoms with Crippen LogP contribution in [0.3, 0.4) is 0 Å². The highest BCUT2D eigenvalue weighted by atomic mass is 35.5. The van der Waals surface area contributed by atoms with Gasteiger partial charge in [0.1, 0.15) is 0 Å². The summed E-state index contributed by atoms with van der Waals surface area (Å²) in [6.07, 6.45) is 0.713. The van der Waals surface area contributed by atoms with Gasteiger partial charge in [-0.05, 0) is 42.8 Å². The maximum Gasteiger partial charge on any atom is 0.257 e. The van der Waals surface area contributed by atoms with E-state index in [1.165, 1.54) is 24.3 Å². The van der Waals surface area contributed by atoms with Crippen LogP contribution in [0.1, 0.15) is 23.7 Å². The average Bonchev–Trinajstić information content (AvgIpc) is 2.54. The van der Waals surface area contributed by atoms with Gasteiger partial charge in [-0.25, -0.2) is 13.1 Å². The number of amides is 1. The smallest absolute Gasteiger partial charge is 0.257 e. The van der Waals surface area contributed by atoms with E-state index in [2.05, 4.69) is 10.0 Å². The van der Waals surface area contributed by atoms with Crippen LogP contribution in [0, 0.1) is 0 Å². The number of hydrogen-bond acceptors (Lipinski definition) is 3. The van der Waals surface area contributed by atoms with Crippen molar-refractivity contribution in [2.45, 2.75) is 18.2 Å². The first kappa shape index (κ1) is 17.5. The Bertz CT molecular complexity index is 789. The SMILES string of the molecule is CCCNS(=O)(=O)c1ccc(NC(=O)c2ccccc2Cl)cc1. The number of halogens is 1. The minimum absolute atomic E-state index is 0.154. The second-order valence-electron chi connectivity index (χ2n) is 4.86. The predicted octanol–water partition coefficient (Wildman–Crippen LogP) is 3.28. The molecule has 2 aromatic carbocycles. The minimum Gasteiger partial charge on any atom is -0.322 e. The predicted molar refractivity (Wildman–Crippen MR) is 91.3 cm³/mol. The van der Waals surface area contributed by atoms with Crippen LogP contribution in [0.4, 0.5) is 5.69 Å². The largest absolute Gasteiger partial charge is 0.322 e. The van der Waals surface area contributed by atoms with Crippen molar-refractivity contribution < 1.29 is 13.2 Å². The van der Waals surface area contributed by atoms with Gasteiger partial charge in [-0.1, -0.05) is 30.7 Å². The molecular formula is C16H17ClN2O3S. The maximum absolute atomic E-state index is 12.1. The fourth-order valence-corrected chi connectivity index (χ4v) is 3.24. The lowest BCUT2D eigenvalue weighted by molar-refractivity contribution is 0.102. The fraction of sp³-hybridized carbons (Fsp3) is 0.188. The molecule has 2 rings (SSSR count). The van der Waals surface area contributed by atoms with E-state index < -0.39 is 10.0 Å². The monoisotopic (exact) mass is 352 g/mol. The molecule has 0 heterocycles. The van der Waals surface area contributed by atoms with Gasteiger partial charge in [0.2, 0.25) is 10.0 Å². The molecule has 0 bridgehead atoms. The Morgan fingerprint density at radius 2 is 1.74 bits per heavy atom. The average molecular weight is 353 g/mol. The minimum atomic E-state index is -3.51. The summed E-state index contributed by atoms with van der Waals surface area (Å²) < 4.78 is 26.4. The number of carbonyl (C=O) groups excluding carboxylic acids is 1. The van der Waals surface area contributed by atoms with Gasteiger partial charge in [0.15, 0.2) is 0 Å². The van der Waals surface area contributed by atoms with Crippen LogP contribution in [0.5, 0.6) is 0 Å². The second-order valence-corrected chi connectivity index (χ2v) is 7.03. The first-order valence-corrected chi connectivity index (χ1v) is 8.96. The molecule has 122 valence electrons. The topological polar surface area (TPSA) is 75.3 Å². The van der Waals surface area contributed by atoms with Crippen molar-refractivity contribution >= 4 is 33.2 Å². The molecule has 5 nitrogen and oxygen atoms in total. The number of nitrogens with one attached hydrogen (secondary N) is 2. The molecular weight excluding hydrogens is 336 g/mol. The molecule has 7 heteroatoms. The van der Waals surface area contributed by atoms with Crippen LogP contribution in [0.25, 0.3) is 0 Å². The van der Waals surface area contributed by atoms with Crippen LogP contribution in [-0.4, -0.2) is 20.9 Å². The molecule has 2 N–H and O–H groups in total. The summed E-state index contributed by atoms with van der Waals surface area (Å²) in [7, 11) is -3.51. The zero-order valence-corrected chi connectivity index (χ0v) is 14.1. The van der Waals surface area contributed by atoms with E-state index in [9.17, 15) is 13.2 Å². The summed E-state index contributed by atoms with van der Waals surface area (Å²) in [5.74, 6) is -0.352. The van der Waals surface area contributed by atoms with Gasteiger partial charge >= 0.3 is 0 Å². The van der Waals surface area contributed by atoms with Gasteiger partial charge in [-0.3, -0.25) is 4.79 Å². The number of benzene rings is 2. The number of carbonyl (C=O) groups is 1. The van der Waals surface area contributed by atoms with Crippen molar-refractivity contribution in [2.75, 3.05) is 11.9 Å². The van der Waals surface area contributed by atoms with Gasteiger partial charge in [0, 0.05) is 12.2 Å². The van der Waals surface area contributed by atoms with E-state index in [1.807, 2.05) is 6.92 Å². The van der Waals surface area contributed by atoms with E-state index in [0.29, 0.717) is 29.2 Å².